The second-order valence-electron chi connectivity index (χ2n) is 4.75. The molecular weight excluding hydrogens is 344 g/mol. The summed E-state index contributed by atoms with van der Waals surface area (Å²) < 4.78 is 33.8. The normalized spacial score (nSPS) is 10.8. The largest absolute Gasteiger partial charge is 0.481 e. The van der Waals surface area contributed by atoms with Gasteiger partial charge in [0.25, 0.3) is 0 Å². The molecule has 3 nitrogen and oxygen atoms in total. The third-order valence-electron chi connectivity index (χ3n) is 3.39. The fourth-order valence-electron chi connectivity index (χ4n) is 2.02. The number of hydrogen-bond acceptors (Lipinski definition) is 2. The van der Waals surface area contributed by atoms with Crippen molar-refractivity contribution in [2.24, 2.45) is 7.05 Å². The number of carbonyl (C=O) groups is 1. The van der Waals surface area contributed by atoms with Gasteiger partial charge >= 0.3 is 0 Å². The van der Waals surface area contributed by atoms with Crippen molar-refractivity contribution in [3.8, 4) is 5.75 Å². The lowest BCUT2D eigenvalue weighted by Crippen LogP contribution is -2.13. The average Bonchev–Trinajstić information content (AvgIpc) is 2.65. The monoisotopic (exact) mass is 357 g/mol. The summed E-state index contributed by atoms with van der Waals surface area (Å²) in [6.07, 6.45) is 0. The molecule has 1 aromatic carbocycles. The summed E-state index contributed by atoms with van der Waals surface area (Å²) in [5, 5.41) is 0. The Morgan fingerprint density at radius 1 is 1.29 bits per heavy atom. The lowest BCUT2D eigenvalue weighted by Gasteiger charge is -2.09. The Hall–Kier alpha value is -1.69. The first-order chi connectivity index (χ1) is 9.81. The van der Waals surface area contributed by atoms with E-state index in [2.05, 4.69) is 15.9 Å². The van der Waals surface area contributed by atoms with Gasteiger partial charge in [-0.1, -0.05) is 0 Å². The van der Waals surface area contributed by atoms with Crippen molar-refractivity contribution >= 4 is 21.7 Å². The number of carbonyl (C=O) groups excluding carboxylic acids is 1. The molecule has 0 atom stereocenters. The highest BCUT2D eigenvalue weighted by molar-refractivity contribution is 9.10. The predicted octanol–water partition coefficient (Wildman–Crippen LogP) is 3.94. The molecule has 0 radical (unpaired) electrons. The molecule has 0 aliphatic rings. The maximum absolute atomic E-state index is 13.6. The molecule has 0 bridgehead atoms. The molecular formula is C15H14BrF2NO2. The first-order valence-corrected chi connectivity index (χ1v) is 7.04. The Balaban J connectivity index is 2.17. The van der Waals surface area contributed by atoms with E-state index in [1.807, 2.05) is 25.5 Å². The standard InChI is InChI=1S/C15H14BrF2NO2/c1-8-4-11(9(2)19(8)3)14(20)7-21-15-12(16)5-10(17)6-13(15)18/h4-6H,7H2,1-3H3. The summed E-state index contributed by atoms with van der Waals surface area (Å²) in [5.41, 5.74) is 2.30. The molecule has 0 saturated carbocycles. The number of aromatic nitrogens is 1. The molecule has 0 aliphatic carbocycles. The van der Waals surface area contributed by atoms with Crippen LogP contribution < -0.4 is 4.74 Å². The van der Waals surface area contributed by atoms with Crippen molar-refractivity contribution in [3.05, 3.63) is 51.3 Å². The van der Waals surface area contributed by atoms with Gasteiger partial charge in [0.05, 0.1) is 4.47 Å². The van der Waals surface area contributed by atoms with Crippen LogP contribution in [0.1, 0.15) is 21.7 Å². The Morgan fingerprint density at radius 3 is 2.48 bits per heavy atom. The van der Waals surface area contributed by atoms with E-state index in [0.29, 0.717) is 11.6 Å². The van der Waals surface area contributed by atoms with Crippen molar-refractivity contribution in [1.29, 1.82) is 0 Å². The number of Topliss-reactive ketones (excluding diaryl/α,β-unsaturated/α-hetero) is 1. The number of ether oxygens (including phenoxy) is 1. The summed E-state index contributed by atoms with van der Waals surface area (Å²) >= 11 is 3.01. The van der Waals surface area contributed by atoms with Crippen molar-refractivity contribution in [3.63, 3.8) is 0 Å². The topological polar surface area (TPSA) is 31.2 Å². The first-order valence-electron chi connectivity index (χ1n) is 6.24. The molecule has 112 valence electrons. The summed E-state index contributed by atoms with van der Waals surface area (Å²) in [5.74, 6) is -2.00. The van der Waals surface area contributed by atoms with Crippen LogP contribution in [0.5, 0.6) is 5.75 Å². The fourth-order valence-corrected chi connectivity index (χ4v) is 2.54. The van der Waals surface area contributed by atoms with Crippen molar-refractivity contribution < 1.29 is 18.3 Å². The van der Waals surface area contributed by atoms with Crippen molar-refractivity contribution in [2.45, 2.75) is 13.8 Å². The van der Waals surface area contributed by atoms with Gasteiger partial charge in [-0.15, -0.1) is 0 Å². The summed E-state index contributed by atoms with van der Waals surface area (Å²) in [6.45, 7) is 3.40. The van der Waals surface area contributed by atoms with Crippen LogP contribution in [0.2, 0.25) is 0 Å². The van der Waals surface area contributed by atoms with Gasteiger partial charge in [0.2, 0.25) is 5.78 Å². The third kappa shape index (κ3) is 3.15. The number of hydrogen-bond donors (Lipinski definition) is 0. The molecule has 2 rings (SSSR count). The smallest absolute Gasteiger partial charge is 0.202 e. The summed E-state index contributed by atoms with van der Waals surface area (Å²) in [4.78, 5) is 12.1. The van der Waals surface area contributed by atoms with Crippen LogP contribution in [0.15, 0.2) is 22.7 Å². The highest BCUT2D eigenvalue weighted by atomic mass is 79.9. The minimum atomic E-state index is -0.851. The van der Waals surface area contributed by atoms with Gasteiger partial charge in [0, 0.05) is 30.1 Å². The minimum absolute atomic E-state index is 0.133. The highest BCUT2D eigenvalue weighted by Crippen LogP contribution is 2.29. The second-order valence-corrected chi connectivity index (χ2v) is 5.61. The molecule has 1 heterocycles. The van der Waals surface area contributed by atoms with Crippen LogP contribution in [-0.4, -0.2) is 17.0 Å². The molecule has 6 heteroatoms. The lowest BCUT2D eigenvalue weighted by atomic mass is 10.1. The first kappa shape index (κ1) is 15.7. The molecule has 0 unspecified atom stereocenters. The number of rotatable bonds is 4. The number of ketones is 1. The molecule has 21 heavy (non-hydrogen) atoms. The van der Waals surface area contributed by atoms with E-state index in [1.54, 1.807) is 6.07 Å². The van der Waals surface area contributed by atoms with E-state index in [0.717, 1.165) is 17.5 Å². The number of aryl methyl sites for hydroxylation is 1. The van der Waals surface area contributed by atoms with Gasteiger partial charge in [0.1, 0.15) is 5.82 Å². The fraction of sp³-hybridized carbons (Fsp3) is 0.267. The van der Waals surface area contributed by atoms with E-state index >= 15 is 0 Å². The molecule has 0 spiro atoms. The van der Waals surface area contributed by atoms with Gasteiger partial charge in [0.15, 0.2) is 18.2 Å². The van der Waals surface area contributed by atoms with Crippen LogP contribution in [0, 0.1) is 25.5 Å². The van der Waals surface area contributed by atoms with E-state index in [1.165, 1.54) is 0 Å². The van der Waals surface area contributed by atoms with Crippen LogP contribution in [-0.2, 0) is 7.05 Å². The number of halogens is 3. The Labute approximate surface area is 129 Å². The molecule has 0 saturated heterocycles. The van der Waals surface area contributed by atoms with E-state index in [-0.39, 0.29) is 22.6 Å². The molecule has 0 aliphatic heterocycles. The maximum atomic E-state index is 13.6. The molecule has 2 aromatic rings. The van der Waals surface area contributed by atoms with Gasteiger partial charge < -0.3 is 9.30 Å². The van der Waals surface area contributed by atoms with E-state index in [4.69, 9.17) is 4.74 Å². The zero-order valence-electron chi connectivity index (χ0n) is 11.8. The van der Waals surface area contributed by atoms with E-state index in [9.17, 15) is 13.6 Å². The van der Waals surface area contributed by atoms with Crippen LogP contribution in [0.25, 0.3) is 0 Å². The quantitative estimate of drug-likeness (QED) is 0.776. The average molecular weight is 358 g/mol. The maximum Gasteiger partial charge on any atom is 0.202 e. The van der Waals surface area contributed by atoms with Gasteiger partial charge in [-0.05, 0) is 41.9 Å². The predicted molar refractivity (Wildman–Crippen MR) is 78.8 cm³/mol. The lowest BCUT2D eigenvalue weighted by molar-refractivity contribution is 0.0917. The zero-order valence-corrected chi connectivity index (χ0v) is 13.4. The summed E-state index contributed by atoms with van der Waals surface area (Å²) in [7, 11) is 1.86. The second kappa shape index (κ2) is 5.97. The minimum Gasteiger partial charge on any atom is -0.481 e. The van der Waals surface area contributed by atoms with Gasteiger partial charge in [-0.25, -0.2) is 8.78 Å². The van der Waals surface area contributed by atoms with Crippen LogP contribution in [0.4, 0.5) is 8.78 Å². The van der Waals surface area contributed by atoms with Crippen molar-refractivity contribution in [2.75, 3.05) is 6.61 Å². The SMILES string of the molecule is Cc1cc(C(=O)COc2c(F)cc(F)cc2Br)c(C)n1C. The van der Waals surface area contributed by atoms with Crippen LogP contribution >= 0.6 is 15.9 Å². The number of nitrogens with zero attached hydrogens (tertiary/aromatic N) is 1. The Bertz CT molecular complexity index is 687. The molecule has 0 N–H and O–H groups in total. The third-order valence-corrected chi connectivity index (χ3v) is 3.98. The van der Waals surface area contributed by atoms with E-state index < -0.39 is 11.6 Å². The van der Waals surface area contributed by atoms with Gasteiger partial charge in [-0.2, -0.15) is 0 Å². The summed E-state index contributed by atoms with van der Waals surface area (Å²) in [6, 6.07) is 3.56. The highest BCUT2D eigenvalue weighted by Gasteiger charge is 2.17. The van der Waals surface area contributed by atoms with Gasteiger partial charge in [-0.3, -0.25) is 4.79 Å². The Kier molecular flexibility index (Phi) is 4.46. The number of benzene rings is 1. The van der Waals surface area contributed by atoms with Crippen molar-refractivity contribution in [1.82, 2.24) is 4.57 Å². The van der Waals surface area contributed by atoms with Crippen LogP contribution in [0.3, 0.4) is 0 Å². The Morgan fingerprint density at radius 2 is 1.95 bits per heavy atom. The molecule has 0 amide bonds. The molecule has 0 fully saturated rings. The zero-order chi connectivity index (χ0) is 15.7. The molecule has 1 aromatic heterocycles.